The highest BCUT2D eigenvalue weighted by Crippen LogP contribution is 2.39. The summed E-state index contributed by atoms with van der Waals surface area (Å²) in [5, 5.41) is 12.1. The number of carbonyl (C=O) groups is 4. The first kappa shape index (κ1) is 35.7. The summed E-state index contributed by atoms with van der Waals surface area (Å²) < 4.78 is 62.7. The van der Waals surface area contributed by atoms with Crippen LogP contribution >= 0.6 is 22.6 Å². The molecule has 1 aromatic heterocycles. The van der Waals surface area contributed by atoms with E-state index in [9.17, 15) is 37.2 Å². The van der Waals surface area contributed by atoms with Gasteiger partial charge in [0.25, 0.3) is 11.8 Å². The summed E-state index contributed by atoms with van der Waals surface area (Å²) in [5.41, 5.74) is -0.100. The molecule has 256 valence electrons. The number of esters is 1. The average Bonchev–Trinajstić information content (AvgIpc) is 3.02. The Kier molecular flexibility index (Phi) is 10.8. The number of piperazine rings is 1. The molecule has 1 saturated heterocycles. The molecule has 2 atom stereocenters. The van der Waals surface area contributed by atoms with Gasteiger partial charge in [0.05, 0.1) is 37.0 Å². The molecule has 1 saturated carbocycles. The fraction of sp³-hybridized carbons (Fsp3) is 0.333. The lowest BCUT2D eigenvalue weighted by molar-refractivity contribution is -0.145. The van der Waals surface area contributed by atoms with Crippen molar-refractivity contribution >= 4 is 57.8 Å². The molecule has 0 spiro atoms. The summed E-state index contributed by atoms with van der Waals surface area (Å²) in [5.74, 6) is -8.60. The van der Waals surface area contributed by atoms with Crippen LogP contribution in [0.5, 0.6) is 0 Å². The van der Waals surface area contributed by atoms with Gasteiger partial charge in [-0.2, -0.15) is 5.26 Å². The van der Waals surface area contributed by atoms with Crippen LogP contribution < -0.4 is 15.1 Å². The van der Waals surface area contributed by atoms with Gasteiger partial charge in [0, 0.05) is 41.3 Å². The molecule has 2 aromatic carbocycles. The molecular weight excluding hydrogens is 763 g/mol. The van der Waals surface area contributed by atoms with Crippen LogP contribution in [0.4, 0.5) is 29.1 Å². The van der Waals surface area contributed by atoms with E-state index in [4.69, 9.17) is 4.74 Å². The van der Waals surface area contributed by atoms with Crippen molar-refractivity contribution in [1.29, 1.82) is 5.26 Å². The van der Waals surface area contributed by atoms with Crippen LogP contribution in [0.2, 0.25) is 0 Å². The summed E-state index contributed by atoms with van der Waals surface area (Å²) in [4.78, 5) is 62.7. The van der Waals surface area contributed by atoms with Gasteiger partial charge >= 0.3 is 5.97 Å². The monoisotopic (exact) mass is 792 g/mol. The van der Waals surface area contributed by atoms with Gasteiger partial charge in [-0.3, -0.25) is 33.9 Å². The van der Waals surface area contributed by atoms with E-state index in [0.717, 1.165) is 21.9 Å². The fourth-order valence-corrected chi connectivity index (χ4v) is 6.50. The van der Waals surface area contributed by atoms with Gasteiger partial charge < -0.3 is 10.1 Å². The second kappa shape index (κ2) is 14.9. The zero-order chi connectivity index (χ0) is 35.5. The van der Waals surface area contributed by atoms with Gasteiger partial charge in [-0.05, 0) is 65.4 Å². The van der Waals surface area contributed by atoms with Crippen molar-refractivity contribution < 1.29 is 41.5 Å². The largest absolute Gasteiger partial charge is 0.465 e. The Labute approximate surface area is 291 Å². The molecule has 3 amide bonds. The minimum Gasteiger partial charge on any atom is -0.465 e. The topological polar surface area (TPSA) is 136 Å². The zero-order valence-electron chi connectivity index (χ0n) is 25.9. The van der Waals surface area contributed by atoms with E-state index in [1.54, 1.807) is 25.1 Å². The quantitative estimate of drug-likeness (QED) is 0.184. The van der Waals surface area contributed by atoms with Gasteiger partial charge in [0.15, 0.2) is 0 Å². The first-order chi connectivity index (χ1) is 23.3. The SMILES string of the molecule is CCOC(=O)CN1CC(=O)N(c2cc(C#N)ccn2)[C@H](C(=O)N(c2cc(F)cc(F)c2)[C@H](C(=O)NC2CC(F)(F)C2)c2ccccc2I)C1. The summed E-state index contributed by atoms with van der Waals surface area (Å²) in [6, 6.07) is 8.97. The number of halogens is 5. The summed E-state index contributed by atoms with van der Waals surface area (Å²) in [7, 11) is 0. The minimum absolute atomic E-state index is 0.0539. The van der Waals surface area contributed by atoms with Crippen LogP contribution in [0.3, 0.4) is 0 Å². The Hall–Kier alpha value is -4.63. The van der Waals surface area contributed by atoms with Crippen LogP contribution in [-0.4, -0.2) is 77.8 Å². The van der Waals surface area contributed by atoms with E-state index in [1.165, 1.54) is 29.3 Å². The Morgan fingerprint density at radius 1 is 1.14 bits per heavy atom. The van der Waals surface area contributed by atoms with Gasteiger partial charge in [0.2, 0.25) is 11.8 Å². The van der Waals surface area contributed by atoms with Crippen LogP contribution in [0.1, 0.15) is 36.9 Å². The number of benzene rings is 2. The maximum atomic E-state index is 15.0. The van der Waals surface area contributed by atoms with Crippen molar-refractivity contribution in [1.82, 2.24) is 15.2 Å². The number of nitrogens with zero attached hydrogens (tertiary/aromatic N) is 5. The Balaban J connectivity index is 1.67. The Morgan fingerprint density at radius 3 is 2.47 bits per heavy atom. The number of amides is 3. The predicted octanol–water partition coefficient (Wildman–Crippen LogP) is 4.10. The number of ether oxygens (including phenoxy) is 1. The number of rotatable bonds is 10. The van der Waals surface area contributed by atoms with Gasteiger partial charge in [-0.1, -0.05) is 18.2 Å². The number of carbonyl (C=O) groups excluding carboxylic acids is 4. The van der Waals surface area contributed by atoms with Crippen LogP contribution in [-0.2, 0) is 23.9 Å². The number of alkyl halides is 2. The van der Waals surface area contributed by atoms with Gasteiger partial charge in [-0.15, -0.1) is 0 Å². The van der Waals surface area contributed by atoms with Crippen LogP contribution in [0.15, 0.2) is 60.8 Å². The molecule has 0 radical (unpaired) electrons. The number of pyridine rings is 1. The van der Waals surface area contributed by atoms with Crippen LogP contribution in [0, 0.1) is 26.5 Å². The van der Waals surface area contributed by atoms with Crippen molar-refractivity contribution in [2.75, 3.05) is 36.0 Å². The number of hydrogen-bond donors (Lipinski definition) is 1. The molecule has 0 bridgehead atoms. The standard InChI is InChI=1S/C33H29F4IN6O5/c1-2-49-29(46)18-42-16-26(44(28(45)17-42)27-9-19(15-39)7-8-40-27)32(48)43(23-11-20(34)10-21(35)12-23)30(24-5-3-4-6-25(24)38)31(47)41-22-13-33(36,37)14-22/h3-12,22,26,30H,2,13-14,16-18H2,1H3,(H,41,47)/t26-,30-/m0/s1. The highest BCUT2D eigenvalue weighted by atomic mass is 127. The molecule has 5 rings (SSSR count). The second-order valence-corrected chi connectivity index (χ2v) is 12.7. The third kappa shape index (κ3) is 8.16. The minimum atomic E-state index is -2.99. The molecular formula is C33H29F4IN6O5. The van der Waals surface area contributed by atoms with Crippen molar-refractivity contribution in [3.63, 3.8) is 0 Å². The Bertz CT molecular complexity index is 1800. The van der Waals surface area contributed by atoms with Crippen molar-refractivity contribution in [2.45, 2.75) is 43.8 Å². The van der Waals surface area contributed by atoms with E-state index in [2.05, 4.69) is 10.3 Å². The van der Waals surface area contributed by atoms with Gasteiger partial charge in [-0.25, -0.2) is 22.5 Å². The number of aromatic nitrogens is 1. The summed E-state index contributed by atoms with van der Waals surface area (Å²) in [6.45, 7) is 0.557. The second-order valence-electron chi connectivity index (χ2n) is 11.5. The molecule has 2 heterocycles. The molecule has 16 heteroatoms. The number of anilines is 2. The van der Waals surface area contributed by atoms with E-state index in [1.807, 2.05) is 28.7 Å². The Morgan fingerprint density at radius 2 is 1.84 bits per heavy atom. The third-order valence-electron chi connectivity index (χ3n) is 7.94. The smallest absolute Gasteiger partial charge is 0.320 e. The average molecular weight is 793 g/mol. The summed E-state index contributed by atoms with van der Waals surface area (Å²) >= 11 is 1.91. The first-order valence-electron chi connectivity index (χ1n) is 15.1. The molecule has 11 nitrogen and oxygen atoms in total. The molecule has 2 aliphatic rings. The zero-order valence-corrected chi connectivity index (χ0v) is 28.1. The van der Waals surface area contributed by atoms with E-state index >= 15 is 4.79 Å². The number of nitriles is 1. The normalized spacial score (nSPS) is 18.2. The van der Waals surface area contributed by atoms with Gasteiger partial charge in [0.1, 0.15) is 29.5 Å². The van der Waals surface area contributed by atoms with E-state index in [0.29, 0.717) is 9.64 Å². The molecule has 49 heavy (non-hydrogen) atoms. The molecule has 1 aliphatic carbocycles. The lowest BCUT2D eigenvalue weighted by Crippen LogP contribution is -2.64. The van der Waals surface area contributed by atoms with Crippen LogP contribution in [0.25, 0.3) is 0 Å². The molecule has 0 unspecified atom stereocenters. The van der Waals surface area contributed by atoms with Crippen molar-refractivity contribution in [2.24, 2.45) is 0 Å². The number of hydrogen-bond acceptors (Lipinski definition) is 8. The number of nitrogens with one attached hydrogen (secondary N) is 1. The lowest BCUT2D eigenvalue weighted by atomic mass is 9.87. The van der Waals surface area contributed by atoms with Crippen molar-refractivity contribution in [3.8, 4) is 6.07 Å². The molecule has 1 N–H and O–H groups in total. The predicted molar refractivity (Wildman–Crippen MR) is 175 cm³/mol. The van der Waals surface area contributed by atoms with E-state index in [-0.39, 0.29) is 36.6 Å². The highest BCUT2D eigenvalue weighted by molar-refractivity contribution is 14.1. The summed E-state index contributed by atoms with van der Waals surface area (Å²) in [6.07, 6.45) is -0.0343. The molecule has 1 aliphatic heterocycles. The molecule has 2 fully saturated rings. The third-order valence-corrected chi connectivity index (χ3v) is 8.92. The highest BCUT2D eigenvalue weighted by Gasteiger charge is 2.49. The lowest BCUT2D eigenvalue weighted by Gasteiger charge is -2.43. The molecule has 3 aromatic rings. The van der Waals surface area contributed by atoms with E-state index < -0.39 is 84.4 Å². The van der Waals surface area contributed by atoms with Crippen molar-refractivity contribution in [3.05, 3.63) is 87.1 Å². The first-order valence-corrected chi connectivity index (χ1v) is 16.2. The fourth-order valence-electron chi connectivity index (χ4n) is 5.82. The maximum Gasteiger partial charge on any atom is 0.320 e. The maximum absolute atomic E-state index is 15.0.